The summed E-state index contributed by atoms with van der Waals surface area (Å²) in [5.74, 6) is 0.605. The number of likely N-dealkylation sites (tertiary alicyclic amines) is 1. The Morgan fingerprint density at radius 3 is 2.77 bits per heavy atom. The van der Waals surface area contributed by atoms with Crippen molar-refractivity contribution in [3.63, 3.8) is 0 Å². The summed E-state index contributed by atoms with van der Waals surface area (Å²) in [5, 5.41) is 5.62. The van der Waals surface area contributed by atoms with Crippen molar-refractivity contribution < 1.29 is 4.79 Å². The van der Waals surface area contributed by atoms with Crippen LogP contribution in [0.25, 0.3) is 22.3 Å². The van der Waals surface area contributed by atoms with Crippen LogP contribution in [-0.2, 0) is 4.79 Å². The van der Waals surface area contributed by atoms with Crippen molar-refractivity contribution in [1.82, 2.24) is 24.6 Å². The number of rotatable bonds is 3. The molecular formula is C19H22N6O. The van der Waals surface area contributed by atoms with Crippen LogP contribution >= 0.6 is 0 Å². The quantitative estimate of drug-likeness (QED) is 0.784. The van der Waals surface area contributed by atoms with Crippen LogP contribution in [0.15, 0.2) is 30.6 Å². The summed E-state index contributed by atoms with van der Waals surface area (Å²) in [4.78, 5) is 22.5. The molecule has 3 aromatic rings. The van der Waals surface area contributed by atoms with Gasteiger partial charge in [-0.2, -0.15) is 5.10 Å². The van der Waals surface area contributed by atoms with E-state index >= 15 is 0 Å². The number of anilines is 1. The van der Waals surface area contributed by atoms with Crippen LogP contribution in [0.3, 0.4) is 0 Å². The average Bonchev–Trinajstić information content (AvgIpc) is 3.27. The first kappa shape index (κ1) is 16.5. The number of nitrogens with zero attached hydrogens (tertiary/aromatic N) is 5. The maximum atomic E-state index is 12.0. The van der Waals surface area contributed by atoms with Crippen LogP contribution in [0.5, 0.6) is 0 Å². The molecule has 7 nitrogen and oxygen atoms in total. The molecule has 4 rings (SSSR count). The van der Waals surface area contributed by atoms with Gasteiger partial charge in [-0.05, 0) is 13.3 Å². The van der Waals surface area contributed by atoms with E-state index in [4.69, 9.17) is 10.8 Å². The molecule has 1 saturated heterocycles. The van der Waals surface area contributed by atoms with E-state index in [-0.39, 0.29) is 11.9 Å². The van der Waals surface area contributed by atoms with E-state index in [0.29, 0.717) is 18.8 Å². The Morgan fingerprint density at radius 1 is 1.27 bits per heavy atom. The molecule has 1 aliphatic heterocycles. The van der Waals surface area contributed by atoms with Gasteiger partial charge in [0.25, 0.3) is 0 Å². The summed E-state index contributed by atoms with van der Waals surface area (Å²) in [5.41, 5.74) is 9.85. The third kappa shape index (κ3) is 2.69. The number of aromatic nitrogens is 4. The predicted octanol–water partition coefficient (Wildman–Crippen LogP) is 2.57. The number of hydrogen-bond donors (Lipinski definition) is 1. The van der Waals surface area contributed by atoms with E-state index in [0.717, 1.165) is 35.3 Å². The zero-order chi connectivity index (χ0) is 18.3. The number of aryl methyl sites for hydroxylation is 1. The molecule has 1 aliphatic rings. The first-order valence-corrected chi connectivity index (χ1v) is 8.92. The molecule has 1 amide bonds. The van der Waals surface area contributed by atoms with Crippen molar-refractivity contribution in [2.24, 2.45) is 0 Å². The topological polar surface area (TPSA) is 89.9 Å². The molecule has 1 aromatic carbocycles. The fourth-order valence-corrected chi connectivity index (χ4v) is 3.56. The molecule has 7 heteroatoms. The highest BCUT2D eigenvalue weighted by Gasteiger charge is 2.30. The van der Waals surface area contributed by atoms with Crippen LogP contribution < -0.4 is 5.73 Å². The summed E-state index contributed by atoms with van der Waals surface area (Å²) in [6, 6.07) is 8.28. The molecule has 1 fully saturated rings. The maximum Gasteiger partial charge on any atom is 0.222 e. The fourth-order valence-electron chi connectivity index (χ4n) is 3.56. The van der Waals surface area contributed by atoms with Gasteiger partial charge < -0.3 is 10.6 Å². The molecule has 2 aromatic heterocycles. The van der Waals surface area contributed by atoms with Gasteiger partial charge in [0, 0.05) is 25.1 Å². The number of nitrogen functional groups attached to an aromatic ring is 1. The molecule has 3 heterocycles. The summed E-state index contributed by atoms with van der Waals surface area (Å²) in [7, 11) is 0. The number of amides is 1. The molecule has 0 spiro atoms. The number of carbonyl (C=O) groups is 1. The second-order valence-corrected chi connectivity index (χ2v) is 6.75. The Labute approximate surface area is 151 Å². The Balaban J connectivity index is 1.81. The lowest BCUT2D eigenvalue weighted by Crippen LogP contribution is -2.28. The summed E-state index contributed by atoms with van der Waals surface area (Å²) in [6.45, 7) is 5.35. The Morgan fingerprint density at radius 2 is 2.04 bits per heavy atom. The van der Waals surface area contributed by atoms with E-state index < -0.39 is 0 Å². The number of fused-ring (bicyclic) bond motifs is 1. The van der Waals surface area contributed by atoms with Crippen LogP contribution in [-0.4, -0.2) is 43.6 Å². The molecule has 2 N–H and O–H groups in total. The van der Waals surface area contributed by atoms with Gasteiger partial charge in [-0.1, -0.05) is 36.8 Å². The van der Waals surface area contributed by atoms with Crippen LogP contribution in [0.4, 0.5) is 5.82 Å². The van der Waals surface area contributed by atoms with Crippen molar-refractivity contribution in [3.05, 3.63) is 36.2 Å². The number of hydrogen-bond acceptors (Lipinski definition) is 5. The maximum absolute atomic E-state index is 12.0. The molecule has 26 heavy (non-hydrogen) atoms. The highest BCUT2D eigenvalue weighted by atomic mass is 16.2. The minimum atomic E-state index is 0.0986. The fraction of sp³-hybridized carbons (Fsp3) is 0.368. The molecule has 0 saturated carbocycles. The van der Waals surface area contributed by atoms with Gasteiger partial charge in [0.05, 0.1) is 11.4 Å². The van der Waals surface area contributed by atoms with Crippen LogP contribution in [0.1, 0.15) is 31.4 Å². The lowest BCUT2D eigenvalue weighted by atomic mass is 10.1. The predicted molar refractivity (Wildman–Crippen MR) is 100 cm³/mol. The third-order valence-corrected chi connectivity index (χ3v) is 5.01. The van der Waals surface area contributed by atoms with Gasteiger partial charge in [-0.25, -0.2) is 14.6 Å². The van der Waals surface area contributed by atoms with Crippen molar-refractivity contribution in [2.45, 2.75) is 32.7 Å². The van der Waals surface area contributed by atoms with Gasteiger partial charge in [-0.3, -0.25) is 4.79 Å². The average molecular weight is 350 g/mol. The highest BCUT2D eigenvalue weighted by Crippen LogP contribution is 2.33. The van der Waals surface area contributed by atoms with Gasteiger partial charge >= 0.3 is 0 Å². The smallest absolute Gasteiger partial charge is 0.222 e. The Kier molecular flexibility index (Phi) is 4.06. The van der Waals surface area contributed by atoms with Crippen LogP contribution in [0.2, 0.25) is 0 Å². The van der Waals surface area contributed by atoms with Crippen molar-refractivity contribution >= 4 is 22.8 Å². The molecule has 0 unspecified atom stereocenters. The lowest BCUT2D eigenvalue weighted by Gasteiger charge is -2.15. The SMILES string of the molecule is CCC(=O)N1CC[C@@H](n2nc(-c3ccc(C)cc3)c3c(N)ncnc32)C1. The van der Waals surface area contributed by atoms with Gasteiger partial charge in [0.1, 0.15) is 17.8 Å². The van der Waals surface area contributed by atoms with Gasteiger partial charge in [0.15, 0.2) is 5.65 Å². The normalized spacial score (nSPS) is 17.2. The molecular weight excluding hydrogens is 328 g/mol. The number of benzene rings is 1. The minimum Gasteiger partial charge on any atom is -0.383 e. The number of nitrogens with two attached hydrogens (primary N) is 1. The molecule has 0 aliphatic carbocycles. The zero-order valence-electron chi connectivity index (χ0n) is 15.0. The summed E-state index contributed by atoms with van der Waals surface area (Å²) >= 11 is 0. The standard InChI is InChI=1S/C19H22N6O/c1-3-15(26)24-9-8-14(10-24)25-19-16(18(20)21-11-22-19)17(23-25)13-6-4-12(2)5-7-13/h4-7,11,14H,3,8-10H2,1-2H3,(H2,20,21,22)/t14-/m1/s1. The van der Waals surface area contributed by atoms with Crippen molar-refractivity contribution in [1.29, 1.82) is 0 Å². The summed E-state index contributed by atoms with van der Waals surface area (Å²) in [6.07, 6.45) is 2.86. The second kappa shape index (κ2) is 6.40. The van der Waals surface area contributed by atoms with E-state index in [1.54, 1.807) is 0 Å². The minimum absolute atomic E-state index is 0.0986. The Bertz CT molecular complexity index is 962. The van der Waals surface area contributed by atoms with Gasteiger partial charge in [-0.15, -0.1) is 0 Å². The largest absolute Gasteiger partial charge is 0.383 e. The molecule has 0 bridgehead atoms. The van der Waals surface area contributed by atoms with E-state index in [9.17, 15) is 4.79 Å². The first-order valence-electron chi connectivity index (χ1n) is 8.92. The van der Waals surface area contributed by atoms with Crippen molar-refractivity contribution in [2.75, 3.05) is 18.8 Å². The molecule has 1 atom stereocenters. The van der Waals surface area contributed by atoms with E-state index in [2.05, 4.69) is 29.0 Å². The third-order valence-electron chi connectivity index (χ3n) is 5.01. The first-order chi connectivity index (χ1) is 12.6. The van der Waals surface area contributed by atoms with Crippen molar-refractivity contribution in [3.8, 4) is 11.3 Å². The Hall–Kier alpha value is -2.96. The summed E-state index contributed by atoms with van der Waals surface area (Å²) < 4.78 is 1.92. The second-order valence-electron chi connectivity index (χ2n) is 6.75. The molecule has 134 valence electrons. The molecule has 0 radical (unpaired) electrons. The monoisotopic (exact) mass is 350 g/mol. The van der Waals surface area contributed by atoms with Crippen LogP contribution in [0, 0.1) is 6.92 Å². The number of carbonyl (C=O) groups excluding carboxylic acids is 1. The zero-order valence-corrected chi connectivity index (χ0v) is 15.0. The van der Waals surface area contributed by atoms with Gasteiger partial charge in [0.2, 0.25) is 5.91 Å². The highest BCUT2D eigenvalue weighted by molar-refractivity contribution is 5.98. The lowest BCUT2D eigenvalue weighted by molar-refractivity contribution is -0.129. The van der Waals surface area contributed by atoms with E-state index in [1.807, 2.05) is 28.6 Å². The van der Waals surface area contributed by atoms with E-state index in [1.165, 1.54) is 11.9 Å².